The molecule has 1 amide bonds. The van der Waals surface area contributed by atoms with Crippen LogP contribution in [0, 0.1) is 0 Å². The zero-order chi connectivity index (χ0) is 16.2. The van der Waals surface area contributed by atoms with E-state index in [-0.39, 0.29) is 5.91 Å². The second-order valence-electron chi connectivity index (χ2n) is 5.43. The largest absolute Gasteiger partial charge is 0.492 e. The molecule has 1 aromatic carbocycles. The van der Waals surface area contributed by atoms with Gasteiger partial charge in [-0.3, -0.25) is 9.69 Å². The number of carbonyl (C=O) groups excluding carboxylic acids is 1. The zero-order valence-electron chi connectivity index (χ0n) is 12.5. The van der Waals surface area contributed by atoms with E-state index in [1.54, 1.807) is 0 Å². The third kappa shape index (κ3) is 4.56. The monoisotopic (exact) mass is 412 g/mol. The molecule has 0 bridgehead atoms. The highest BCUT2D eigenvalue weighted by atomic mass is 79.9. The van der Waals surface area contributed by atoms with Crippen molar-refractivity contribution in [2.75, 3.05) is 26.2 Å². The molecule has 23 heavy (non-hydrogen) atoms. The van der Waals surface area contributed by atoms with E-state index in [0.29, 0.717) is 15.8 Å². The van der Waals surface area contributed by atoms with Crippen LogP contribution in [0.4, 0.5) is 0 Å². The van der Waals surface area contributed by atoms with Crippen LogP contribution in [0.15, 0.2) is 27.6 Å². The lowest BCUT2D eigenvalue weighted by Gasteiger charge is -2.16. The fourth-order valence-corrected chi connectivity index (χ4v) is 4.03. The van der Waals surface area contributed by atoms with Gasteiger partial charge in [-0.1, -0.05) is 39.9 Å². The van der Waals surface area contributed by atoms with E-state index in [2.05, 4.69) is 26.1 Å². The van der Waals surface area contributed by atoms with Gasteiger partial charge < -0.3 is 10.1 Å². The minimum atomic E-state index is -0.150. The van der Waals surface area contributed by atoms with Crippen LogP contribution >= 0.6 is 39.9 Å². The van der Waals surface area contributed by atoms with Crippen molar-refractivity contribution in [3.63, 3.8) is 0 Å². The van der Waals surface area contributed by atoms with Crippen LogP contribution in [0.1, 0.15) is 18.4 Å². The number of hydrogen-bond acceptors (Lipinski definition) is 5. The summed E-state index contributed by atoms with van der Waals surface area (Å²) < 4.78 is 7.39. The molecule has 1 aromatic rings. The van der Waals surface area contributed by atoms with Gasteiger partial charge in [0.25, 0.3) is 5.91 Å². The van der Waals surface area contributed by atoms with Gasteiger partial charge in [0.1, 0.15) is 16.7 Å². The Kier molecular flexibility index (Phi) is 5.74. The molecule has 4 nitrogen and oxygen atoms in total. The van der Waals surface area contributed by atoms with E-state index >= 15 is 0 Å². The van der Waals surface area contributed by atoms with Gasteiger partial charge in [0, 0.05) is 16.6 Å². The molecule has 0 aliphatic carbocycles. The van der Waals surface area contributed by atoms with Gasteiger partial charge in [-0.05, 0) is 50.2 Å². The summed E-state index contributed by atoms with van der Waals surface area (Å²) in [5.41, 5.74) is 0.878. The minimum Gasteiger partial charge on any atom is -0.492 e. The molecule has 122 valence electrons. The Labute approximate surface area is 153 Å². The molecule has 1 N–H and O–H groups in total. The lowest BCUT2D eigenvalue weighted by molar-refractivity contribution is -0.115. The average Bonchev–Trinajstić information content (AvgIpc) is 3.12. The first-order valence-corrected chi connectivity index (χ1v) is 9.53. The fraction of sp³-hybridized carbons (Fsp3) is 0.375. The number of rotatable bonds is 5. The Balaban J connectivity index is 1.71. The van der Waals surface area contributed by atoms with Gasteiger partial charge in [0.15, 0.2) is 0 Å². The van der Waals surface area contributed by atoms with Crippen LogP contribution in [-0.2, 0) is 4.79 Å². The number of amides is 1. The van der Waals surface area contributed by atoms with Gasteiger partial charge >= 0.3 is 0 Å². The molecule has 0 aromatic heterocycles. The number of halogens is 1. The normalized spacial score (nSPS) is 20.3. The number of ether oxygens (including phenoxy) is 1. The first kappa shape index (κ1) is 17.0. The first-order chi connectivity index (χ1) is 11.1. The lowest BCUT2D eigenvalue weighted by Crippen LogP contribution is -2.25. The van der Waals surface area contributed by atoms with Crippen molar-refractivity contribution in [3.05, 3.63) is 33.1 Å². The predicted molar refractivity (Wildman–Crippen MR) is 102 cm³/mol. The molecule has 2 aliphatic rings. The Bertz CT molecular complexity index is 657. The van der Waals surface area contributed by atoms with Crippen LogP contribution in [0.25, 0.3) is 6.08 Å². The van der Waals surface area contributed by atoms with E-state index in [4.69, 9.17) is 17.0 Å². The molecule has 0 saturated carbocycles. The van der Waals surface area contributed by atoms with Crippen LogP contribution < -0.4 is 10.1 Å². The van der Waals surface area contributed by atoms with Gasteiger partial charge in [-0.25, -0.2) is 0 Å². The van der Waals surface area contributed by atoms with Gasteiger partial charge in [-0.15, -0.1) is 0 Å². The molecule has 0 atom stereocenters. The van der Waals surface area contributed by atoms with Crippen molar-refractivity contribution < 1.29 is 9.53 Å². The number of thioether (sulfide) groups is 1. The minimum absolute atomic E-state index is 0.150. The van der Waals surface area contributed by atoms with Crippen molar-refractivity contribution in [3.8, 4) is 5.75 Å². The molecule has 3 rings (SSSR count). The summed E-state index contributed by atoms with van der Waals surface area (Å²) in [6.45, 7) is 3.91. The summed E-state index contributed by atoms with van der Waals surface area (Å²) >= 11 is 9.77. The van der Waals surface area contributed by atoms with Crippen molar-refractivity contribution in [1.29, 1.82) is 0 Å². The van der Waals surface area contributed by atoms with Crippen molar-refractivity contribution in [1.82, 2.24) is 10.2 Å². The molecular formula is C16H17BrN2O2S2. The topological polar surface area (TPSA) is 41.6 Å². The molecule has 0 radical (unpaired) electrons. The van der Waals surface area contributed by atoms with Crippen molar-refractivity contribution in [2.24, 2.45) is 0 Å². The third-order valence-corrected chi connectivity index (χ3v) is 5.42. The molecular weight excluding hydrogens is 396 g/mol. The Morgan fingerprint density at radius 3 is 2.87 bits per heavy atom. The van der Waals surface area contributed by atoms with Crippen LogP contribution in [-0.4, -0.2) is 41.4 Å². The Hall–Kier alpha value is -0.890. The number of carbonyl (C=O) groups is 1. The lowest BCUT2D eigenvalue weighted by atomic mass is 10.2. The summed E-state index contributed by atoms with van der Waals surface area (Å²) in [6, 6.07) is 5.82. The second kappa shape index (κ2) is 7.79. The van der Waals surface area contributed by atoms with Crippen molar-refractivity contribution >= 4 is 56.2 Å². The maximum absolute atomic E-state index is 11.8. The SMILES string of the molecule is O=C1NC(=S)S/C1=C\c1cc(Br)ccc1OCCN1CCCC1. The molecule has 7 heteroatoms. The summed E-state index contributed by atoms with van der Waals surface area (Å²) in [5, 5.41) is 2.63. The maximum Gasteiger partial charge on any atom is 0.263 e. The number of hydrogen-bond donors (Lipinski definition) is 1. The first-order valence-electron chi connectivity index (χ1n) is 7.51. The molecule has 2 fully saturated rings. The van der Waals surface area contributed by atoms with Crippen LogP contribution in [0.3, 0.4) is 0 Å². The van der Waals surface area contributed by atoms with E-state index in [0.717, 1.165) is 35.4 Å². The summed E-state index contributed by atoms with van der Waals surface area (Å²) in [7, 11) is 0. The van der Waals surface area contributed by atoms with Crippen LogP contribution in [0.2, 0.25) is 0 Å². The van der Waals surface area contributed by atoms with Gasteiger partial charge in [-0.2, -0.15) is 0 Å². The average molecular weight is 413 g/mol. The Morgan fingerprint density at radius 2 is 2.17 bits per heavy atom. The smallest absolute Gasteiger partial charge is 0.263 e. The highest BCUT2D eigenvalue weighted by Gasteiger charge is 2.22. The maximum atomic E-state index is 11.8. The Morgan fingerprint density at radius 1 is 1.39 bits per heavy atom. The van der Waals surface area contributed by atoms with Crippen molar-refractivity contribution in [2.45, 2.75) is 12.8 Å². The number of likely N-dealkylation sites (tertiary alicyclic amines) is 1. The number of benzene rings is 1. The van der Waals surface area contributed by atoms with Crippen LogP contribution in [0.5, 0.6) is 5.75 Å². The fourth-order valence-electron chi connectivity index (χ4n) is 2.62. The summed E-state index contributed by atoms with van der Waals surface area (Å²) in [5.74, 6) is 0.633. The number of nitrogens with zero attached hydrogens (tertiary/aromatic N) is 1. The van der Waals surface area contributed by atoms with E-state index in [9.17, 15) is 4.79 Å². The van der Waals surface area contributed by atoms with E-state index < -0.39 is 0 Å². The molecule has 2 heterocycles. The second-order valence-corrected chi connectivity index (χ2v) is 8.07. The standard InChI is InChI=1S/C16H17BrN2O2S2/c17-12-3-4-13(21-8-7-19-5-1-2-6-19)11(9-12)10-14-15(20)18-16(22)23-14/h3-4,9-10H,1-2,5-8H2,(H,18,20,22)/b14-10-. The highest BCUT2D eigenvalue weighted by molar-refractivity contribution is 9.10. The van der Waals surface area contributed by atoms with Gasteiger partial charge in [0.2, 0.25) is 0 Å². The summed E-state index contributed by atoms with van der Waals surface area (Å²) in [4.78, 5) is 14.8. The van der Waals surface area contributed by atoms with E-state index in [1.807, 2.05) is 24.3 Å². The third-order valence-electron chi connectivity index (χ3n) is 3.76. The molecule has 2 saturated heterocycles. The number of nitrogens with one attached hydrogen (secondary N) is 1. The molecule has 2 aliphatic heterocycles. The molecule has 0 unspecified atom stereocenters. The highest BCUT2D eigenvalue weighted by Crippen LogP contribution is 2.31. The number of thiocarbonyl (C=S) groups is 1. The molecule has 0 spiro atoms. The van der Waals surface area contributed by atoms with Gasteiger partial charge in [0.05, 0.1) is 4.91 Å². The quantitative estimate of drug-likeness (QED) is 0.592. The zero-order valence-corrected chi connectivity index (χ0v) is 15.7. The van der Waals surface area contributed by atoms with E-state index in [1.165, 1.54) is 24.6 Å². The summed E-state index contributed by atoms with van der Waals surface area (Å²) in [6.07, 6.45) is 4.39. The predicted octanol–water partition coefficient (Wildman–Crippen LogP) is 3.41.